The maximum Gasteiger partial charge on any atom is 0.120 e. The first-order valence-electron chi connectivity index (χ1n) is 3.63. The van der Waals surface area contributed by atoms with Crippen LogP contribution in [0.3, 0.4) is 0 Å². The molecular formula is C8H14ClNO. The second-order valence-electron chi connectivity index (χ2n) is 2.41. The average Bonchev–Trinajstić information content (AvgIpc) is 2.38. The van der Waals surface area contributed by atoms with Crippen LogP contribution in [-0.2, 0) is 0 Å². The van der Waals surface area contributed by atoms with E-state index >= 15 is 0 Å². The minimum Gasteiger partial charge on any atom is -0.468 e. The van der Waals surface area contributed by atoms with E-state index in [0.717, 1.165) is 18.6 Å². The van der Waals surface area contributed by atoms with Crippen molar-refractivity contribution < 1.29 is 4.42 Å². The highest BCUT2D eigenvalue weighted by atomic mass is 35.5. The monoisotopic (exact) mass is 175 g/mol. The van der Waals surface area contributed by atoms with E-state index in [4.69, 9.17) is 10.2 Å². The second kappa shape index (κ2) is 5.22. The van der Waals surface area contributed by atoms with Crippen molar-refractivity contribution in [1.29, 1.82) is 0 Å². The third kappa shape index (κ3) is 2.95. The van der Waals surface area contributed by atoms with Crippen LogP contribution in [0.5, 0.6) is 0 Å². The van der Waals surface area contributed by atoms with Crippen LogP contribution in [0.1, 0.15) is 31.6 Å². The molecule has 1 aromatic rings. The fourth-order valence-corrected chi connectivity index (χ4v) is 0.956. The minimum absolute atomic E-state index is 0. The minimum atomic E-state index is 0. The molecule has 0 saturated heterocycles. The molecule has 11 heavy (non-hydrogen) atoms. The Bertz CT molecular complexity index is 174. The van der Waals surface area contributed by atoms with Crippen molar-refractivity contribution in [2.75, 3.05) is 0 Å². The highest BCUT2D eigenvalue weighted by molar-refractivity contribution is 5.85. The lowest BCUT2D eigenvalue weighted by Crippen LogP contribution is -2.08. The van der Waals surface area contributed by atoms with Gasteiger partial charge in [-0.3, -0.25) is 0 Å². The van der Waals surface area contributed by atoms with Crippen molar-refractivity contribution in [3.63, 3.8) is 0 Å². The van der Waals surface area contributed by atoms with Crippen LogP contribution in [-0.4, -0.2) is 0 Å². The zero-order valence-corrected chi connectivity index (χ0v) is 7.43. The predicted octanol–water partition coefficient (Wildman–Crippen LogP) is 2.50. The molecule has 2 nitrogen and oxygen atoms in total. The van der Waals surface area contributed by atoms with Crippen LogP contribution >= 0.6 is 12.4 Å². The molecule has 0 aliphatic carbocycles. The van der Waals surface area contributed by atoms with Gasteiger partial charge in [-0.25, -0.2) is 0 Å². The van der Waals surface area contributed by atoms with Crippen LogP contribution in [0.4, 0.5) is 0 Å². The summed E-state index contributed by atoms with van der Waals surface area (Å²) >= 11 is 0. The van der Waals surface area contributed by atoms with E-state index in [2.05, 4.69) is 6.92 Å². The van der Waals surface area contributed by atoms with E-state index in [0.29, 0.717) is 0 Å². The molecule has 1 rings (SSSR count). The number of hydrogen-bond donors (Lipinski definition) is 1. The van der Waals surface area contributed by atoms with Crippen LogP contribution < -0.4 is 5.73 Å². The summed E-state index contributed by atoms with van der Waals surface area (Å²) in [5.74, 6) is 0.891. The number of halogens is 1. The molecular weight excluding hydrogens is 162 g/mol. The Morgan fingerprint density at radius 3 is 2.82 bits per heavy atom. The molecule has 0 spiro atoms. The molecule has 0 fully saturated rings. The van der Waals surface area contributed by atoms with Crippen LogP contribution in [0.15, 0.2) is 22.8 Å². The zero-order valence-electron chi connectivity index (χ0n) is 6.62. The summed E-state index contributed by atoms with van der Waals surface area (Å²) in [6.45, 7) is 2.11. The SMILES string of the molecule is CCCC(N)c1ccco1.Cl. The molecule has 1 heterocycles. The summed E-state index contributed by atoms with van der Waals surface area (Å²) in [4.78, 5) is 0. The lowest BCUT2D eigenvalue weighted by molar-refractivity contribution is 0.450. The van der Waals surface area contributed by atoms with Crippen molar-refractivity contribution in [1.82, 2.24) is 0 Å². The molecule has 2 N–H and O–H groups in total. The third-order valence-corrected chi connectivity index (χ3v) is 1.51. The van der Waals surface area contributed by atoms with Crippen molar-refractivity contribution in [2.45, 2.75) is 25.8 Å². The fraction of sp³-hybridized carbons (Fsp3) is 0.500. The van der Waals surface area contributed by atoms with Gasteiger partial charge in [-0.2, -0.15) is 0 Å². The molecule has 1 aromatic heterocycles. The van der Waals surface area contributed by atoms with Gasteiger partial charge in [0.2, 0.25) is 0 Å². The molecule has 0 saturated carbocycles. The van der Waals surface area contributed by atoms with Gasteiger partial charge in [-0.1, -0.05) is 13.3 Å². The Morgan fingerprint density at radius 2 is 2.36 bits per heavy atom. The first-order chi connectivity index (χ1) is 4.84. The van der Waals surface area contributed by atoms with Gasteiger partial charge in [-0.15, -0.1) is 12.4 Å². The van der Waals surface area contributed by atoms with Crippen LogP contribution in [0.25, 0.3) is 0 Å². The van der Waals surface area contributed by atoms with E-state index in [1.54, 1.807) is 6.26 Å². The lowest BCUT2D eigenvalue weighted by Gasteiger charge is -2.04. The van der Waals surface area contributed by atoms with E-state index in [1.165, 1.54) is 0 Å². The first-order valence-corrected chi connectivity index (χ1v) is 3.63. The van der Waals surface area contributed by atoms with E-state index < -0.39 is 0 Å². The van der Waals surface area contributed by atoms with Gasteiger partial charge in [0.25, 0.3) is 0 Å². The topological polar surface area (TPSA) is 39.2 Å². The normalized spacial score (nSPS) is 12.2. The van der Waals surface area contributed by atoms with E-state index in [1.807, 2.05) is 12.1 Å². The standard InChI is InChI=1S/C8H13NO.ClH/c1-2-4-7(9)8-5-3-6-10-8;/h3,5-7H,2,4,9H2,1H3;1H. The molecule has 3 heteroatoms. The van der Waals surface area contributed by atoms with Crippen LogP contribution in [0, 0.1) is 0 Å². The van der Waals surface area contributed by atoms with Gasteiger partial charge < -0.3 is 10.2 Å². The Labute approximate surface area is 73.2 Å². The number of hydrogen-bond acceptors (Lipinski definition) is 2. The molecule has 1 atom stereocenters. The highest BCUT2D eigenvalue weighted by Gasteiger charge is 2.05. The summed E-state index contributed by atoms with van der Waals surface area (Å²) < 4.78 is 5.12. The van der Waals surface area contributed by atoms with Crippen molar-refractivity contribution in [3.8, 4) is 0 Å². The summed E-state index contributed by atoms with van der Waals surface area (Å²) in [5.41, 5.74) is 5.76. The van der Waals surface area contributed by atoms with Crippen molar-refractivity contribution >= 4 is 12.4 Å². The Balaban J connectivity index is 0.000001000. The largest absolute Gasteiger partial charge is 0.468 e. The summed E-state index contributed by atoms with van der Waals surface area (Å²) in [6, 6.07) is 3.87. The van der Waals surface area contributed by atoms with Crippen molar-refractivity contribution in [3.05, 3.63) is 24.2 Å². The Kier molecular flexibility index (Phi) is 4.99. The quantitative estimate of drug-likeness (QED) is 0.767. The molecule has 0 aliphatic heterocycles. The number of nitrogens with two attached hydrogens (primary N) is 1. The number of rotatable bonds is 3. The van der Waals surface area contributed by atoms with Crippen LogP contribution in [0.2, 0.25) is 0 Å². The maximum absolute atomic E-state index is 5.76. The summed E-state index contributed by atoms with van der Waals surface area (Å²) in [5, 5.41) is 0. The molecule has 0 radical (unpaired) electrons. The molecule has 1 unspecified atom stereocenters. The summed E-state index contributed by atoms with van der Waals surface area (Å²) in [6.07, 6.45) is 3.75. The number of furan rings is 1. The van der Waals surface area contributed by atoms with Gasteiger partial charge in [0.05, 0.1) is 12.3 Å². The fourth-order valence-electron chi connectivity index (χ4n) is 0.956. The van der Waals surface area contributed by atoms with E-state index in [-0.39, 0.29) is 18.4 Å². The second-order valence-corrected chi connectivity index (χ2v) is 2.41. The average molecular weight is 176 g/mol. The zero-order chi connectivity index (χ0) is 7.40. The molecule has 0 bridgehead atoms. The molecule has 0 amide bonds. The lowest BCUT2D eigenvalue weighted by atomic mass is 10.1. The maximum atomic E-state index is 5.76. The van der Waals surface area contributed by atoms with Gasteiger partial charge in [0.1, 0.15) is 5.76 Å². The first kappa shape index (κ1) is 10.5. The van der Waals surface area contributed by atoms with Gasteiger partial charge in [-0.05, 0) is 18.6 Å². The molecule has 64 valence electrons. The third-order valence-electron chi connectivity index (χ3n) is 1.51. The molecule has 0 aromatic carbocycles. The summed E-state index contributed by atoms with van der Waals surface area (Å²) in [7, 11) is 0. The Hall–Kier alpha value is -0.470. The van der Waals surface area contributed by atoms with Gasteiger partial charge in [0.15, 0.2) is 0 Å². The predicted molar refractivity (Wildman–Crippen MR) is 47.8 cm³/mol. The van der Waals surface area contributed by atoms with Gasteiger partial charge in [0, 0.05) is 0 Å². The Morgan fingerprint density at radius 1 is 1.64 bits per heavy atom. The van der Waals surface area contributed by atoms with E-state index in [9.17, 15) is 0 Å². The van der Waals surface area contributed by atoms with Gasteiger partial charge >= 0.3 is 0 Å². The van der Waals surface area contributed by atoms with Crippen molar-refractivity contribution in [2.24, 2.45) is 5.73 Å². The molecule has 0 aliphatic rings. The smallest absolute Gasteiger partial charge is 0.120 e. The highest BCUT2D eigenvalue weighted by Crippen LogP contribution is 2.14.